The van der Waals surface area contributed by atoms with Crippen LogP contribution in [0.1, 0.15) is 18.4 Å². The van der Waals surface area contributed by atoms with Crippen molar-refractivity contribution in [2.75, 3.05) is 13.6 Å². The molecule has 2 rings (SSSR count). The molecular weight excluding hydrogens is 368 g/mol. The van der Waals surface area contributed by atoms with E-state index in [2.05, 4.69) is 10.3 Å². The van der Waals surface area contributed by atoms with E-state index < -0.39 is 47.9 Å². The number of H-pyrrole nitrogens is 1. The molecule has 0 bridgehead atoms. The molecule has 1 fully saturated rings. The summed E-state index contributed by atoms with van der Waals surface area (Å²) in [6.07, 6.45) is -6.68. The minimum Gasteiger partial charge on any atom is -0.388 e. The maximum Gasteiger partial charge on any atom is 0.328 e. The number of nitrogens with one attached hydrogen (secondary N) is 2. The third kappa shape index (κ3) is 5.06. The van der Waals surface area contributed by atoms with Gasteiger partial charge in [0.15, 0.2) is 6.10 Å². The van der Waals surface area contributed by atoms with Crippen molar-refractivity contribution in [3.8, 4) is 0 Å². The molecule has 1 saturated heterocycles. The highest BCUT2D eigenvalue weighted by Crippen LogP contribution is 2.24. The molecule has 4 unspecified atom stereocenters. The predicted molar refractivity (Wildman–Crippen MR) is 89.9 cm³/mol. The van der Waals surface area contributed by atoms with Crippen LogP contribution in [0, 0.1) is 0 Å². The third-order valence-corrected chi connectivity index (χ3v) is 4.44. The molecule has 152 valence electrons. The van der Waals surface area contributed by atoms with Crippen molar-refractivity contribution in [3.05, 3.63) is 32.6 Å². The van der Waals surface area contributed by atoms with Gasteiger partial charge in [-0.2, -0.15) is 0 Å². The highest BCUT2D eigenvalue weighted by molar-refractivity contribution is 5.87. The Morgan fingerprint density at radius 2 is 2.04 bits per heavy atom. The second-order valence-corrected chi connectivity index (χ2v) is 6.41. The van der Waals surface area contributed by atoms with Gasteiger partial charge in [0.25, 0.3) is 12.0 Å². The monoisotopic (exact) mass is 391 g/mol. The average molecular weight is 391 g/mol. The highest BCUT2D eigenvalue weighted by atomic mass is 19.3. The lowest BCUT2D eigenvalue weighted by atomic mass is 10.0. The number of hydrogen-bond donors (Lipinski definition) is 4. The molecule has 4 atom stereocenters. The Balaban J connectivity index is 2.13. The number of nitrogens with zero attached hydrogens (tertiary/aromatic N) is 1. The average Bonchev–Trinajstić information content (AvgIpc) is 2.89. The molecule has 0 aromatic carbocycles. The summed E-state index contributed by atoms with van der Waals surface area (Å²) < 4.78 is 31.2. The van der Waals surface area contributed by atoms with Gasteiger partial charge in [0.1, 0.15) is 18.3 Å². The Hall–Kier alpha value is -1.95. The Labute approximate surface area is 153 Å². The molecular formula is C16H23F2N3O6. The number of aromatic nitrogens is 2. The Morgan fingerprint density at radius 3 is 2.67 bits per heavy atom. The first kappa shape index (κ1) is 21.4. The van der Waals surface area contributed by atoms with Gasteiger partial charge in [-0.05, 0) is 32.9 Å². The lowest BCUT2D eigenvalue weighted by molar-refractivity contribution is -0.144. The van der Waals surface area contributed by atoms with E-state index in [9.17, 15) is 33.4 Å². The number of aliphatic hydroxyl groups excluding tert-OH is 2. The maximum atomic E-state index is 12.5. The van der Waals surface area contributed by atoms with Gasteiger partial charge >= 0.3 is 5.69 Å². The van der Waals surface area contributed by atoms with Crippen molar-refractivity contribution < 1.29 is 28.5 Å². The van der Waals surface area contributed by atoms with Crippen molar-refractivity contribution in [2.24, 2.45) is 0 Å². The molecule has 0 aliphatic carbocycles. The van der Waals surface area contributed by atoms with Gasteiger partial charge in [0.05, 0.1) is 6.54 Å². The largest absolute Gasteiger partial charge is 0.388 e. The first-order valence-electron chi connectivity index (χ1n) is 8.57. The van der Waals surface area contributed by atoms with E-state index in [0.29, 0.717) is 18.4 Å². The van der Waals surface area contributed by atoms with Crippen molar-refractivity contribution in [2.45, 2.75) is 56.6 Å². The zero-order valence-electron chi connectivity index (χ0n) is 14.7. The van der Waals surface area contributed by atoms with Crippen LogP contribution in [0.3, 0.4) is 0 Å². The molecule has 0 saturated carbocycles. The summed E-state index contributed by atoms with van der Waals surface area (Å²) in [5.41, 5.74) is -0.953. The van der Waals surface area contributed by atoms with E-state index in [1.807, 2.05) is 0 Å². The van der Waals surface area contributed by atoms with E-state index in [-0.39, 0.29) is 6.54 Å². The number of alkyl halides is 2. The topological polar surface area (TPSA) is 134 Å². The van der Waals surface area contributed by atoms with E-state index >= 15 is 0 Å². The number of hydrogen-bond acceptors (Lipinski definition) is 7. The summed E-state index contributed by atoms with van der Waals surface area (Å²) in [5, 5.41) is 22.7. The fraction of sp³-hybridized carbons (Fsp3) is 0.688. The van der Waals surface area contributed by atoms with Crippen LogP contribution in [0.25, 0.3) is 0 Å². The number of ketones is 1. The minimum absolute atomic E-state index is 0.315. The first-order chi connectivity index (χ1) is 12.8. The number of aromatic amines is 1. The van der Waals surface area contributed by atoms with E-state index in [1.165, 1.54) is 6.20 Å². The summed E-state index contributed by atoms with van der Waals surface area (Å²) in [6, 6.07) is 0. The summed E-state index contributed by atoms with van der Waals surface area (Å²) >= 11 is 0. The fourth-order valence-electron chi connectivity index (χ4n) is 2.94. The van der Waals surface area contributed by atoms with E-state index in [1.54, 1.807) is 7.05 Å². The van der Waals surface area contributed by atoms with Gasteiger partial charge in [-0.1, -0.05) is 0 Å². The lowest BCUT2D eigenvalue weighted by Crippen LogP contribution is -2.40. The molecule has 0 amide bonds. The molecule has 1 aromatic heterocycles. The normalized spacial score (nSPS) is 25.3. The van der Waals surface area contributed by atoms with Crippen LogP contribution in [0.2, 0.25) is 0 Å². The molecule has 1 aliphatic rings. The first-order valence-corrected chi connectivity index (χ1v) is 8.57. The minimum atomic E-state index is -3.35. The number of halogens is 2. The standard InChI is InChI=1S/C16H23F2N3O6/c1-19-5-3-2-4-8-6-21(16(26)20-15(8)25)7-9-10(22)11(23)13(27-9)12(24)14(17)18/h6,9-11,13-14,19,22-23H,2-5,7H2,1H3,(H,20,25,26). The van der Waals surface area contributed by atoms with Crippen LogP contribution in [0.15, 0.2) is 15.8 Å². The SMILES string of the molecule is CNCCCCc1cn(CC2OC(C(=O)C(F)F)C(O)C2O)c(=O)[nH]c1=O. The van der Waals surface area contributed by atoms with Crippen LogP contribution in [0.5, 0.6) is 0 Å². The number of ether oxygens (including phenoxy) is 1. The summed E-state index contributed by atoms with van der Waals surface area (Å²) in [7, 11) is 1.81. The number of rotatable bonds is 9. The second kappa shape index (κ2) is 9.31. The summed E-state index contributed by atoms with van der Waals surface area (Å²) in [6.45, 7) is 0.460. The Bertz CT molecular complexity index is 765. The van der Waals surface area contributed by atoms with Crippen molar-refractivity contribution in [1.29, 1.82) is 0 Å². The van der Waals surface area contributed by atoms with Gasteiger partial charge in [0, 0.05) is 11.8 Å². The quantitative estimate of drug-likeness (QED) is 0.373. The molecule has 2 heterocycles. The Morgan fingerprint density at radius 1 is 1.33 bits per heavy atom. The van der Waals surface area contributed by atoms with Crippen molar-refractivity contribution in [1.82, 2.24) is 14.9 Å². The molecule has 0 radical (unpaired) electrons. The molecule has 1 aliphatic heterocycles. The summed E-state index contributed by atoms with van der Waals surface area (Å²) in [4.78, 5) is 37.4. The fourth-order valence-corrected chi connectivity index (χ4v) is 2.94. The van der Waals surface area contributed by atoms with E-state index in [4.69, 9.17) is 4.74 Å². The number of unbranched alkanes of at least 4 members (excludes halogenated alkanes) is 1. The van der Waals surface area contributed by atoms with Crippen molar-refractivity contribution >= 4 is 5.78 Å². The van der Waals surface area contributed by atoms with Crippen molar-refractivity contribution in [3.63, 3.8) is 0 Å². The molecule has 4 N–H and O–H groups in total. The van der Waals surface area contributed by atoms with Gasteiger partial charge in [-0.15, -0.1) is 0 Å². The Kier molecular flexibility index (Phi) is 7.36. The number of Topliss-reactive ketones (excluding diaryl/α,β-unsaturated/α-hetero) is 1. The van der Waals surface area contributed by atoms with Gasteiger partial charge in [-0.25, -0.2) is 13.6 Å². The number of aliphatic hydroxyl groups is 2. The molecule has 27 heavy (non-hydrogen) atoms. The van der Waals surface area contributed by atoms with Gasteiger partial charge in [0.2, 0.25) is 5.78 Å². The summed E-state index contributed by atoms with van der Waals surface area (Å²) in [5.74, 6) is -1.64. The maximum absolute atomic E-state index is 12.5. The van der Waals surface area contributed by atoms with Crippen LogP contribution in [0.4, 0.5) is 8.78 Å². The zero-order valence-corrected chi connectivity index (χ0v) is 14.7. The second-order valence-electron chi connectivity index (χ2n) is 6.41. The molecule has 9 nitrogen and oxygen atoms in total. The molecule has 1 aromatic rings. The van der Waals surface area contributed by atoms with Crippen LogP contribution in [-0.4, -0.2) is 70.0 Å². The highest BCUT2D eigenvalue weighted by Gasteiger charge is 2.48. The van der Waals surface area contributed by atoms with Crippen LogP contribution in [-0.2, 0) is 22.5 Å². The zero-order chi connectivity index (χ0) is 20.1. The smallest absolute Gasteiger partial charge is 0.328 e. The molecule has 11 heteroatoms. The number of carbonyl (C=O) groups excluding carboxylic acids is 1. The predicted octanol–water partition coefficient (Wildman–Crippen LogP) is -1.60. The van der Waals surface area contributed by atoms with Crippen LogP contribution >= 0.6 is 0 Å². The number of aryl methyl sites for hydroxylation is 1. The van der Waals surface area contributed by atoms with E-state index in [0.717, 1.165) is 17.5 Å². The van der Waals surface area contributed by atoms with Crippen LogP contribution < -0.4 is 16.6 Å². The van der Waals surface area contributed by atoms with Gasteiger partial charge in [-0.3, -0.25) is 19.1 Å². The lowest BCUT2D eigenvalue weighted by Gasteiger charge is -2.16. The van der Waals surface area contributed by atoms with Gasteiger partial charge < -0.3 is 20.3 Å². The molecule has 0 spiro atoms. The third-order valence-electron chi connectivity index (χ3n) is 4.44. The number of carbonyl (C=O) groups is 1.